The Morgan fingerprint density at radius 2 is 1.81 bits per heavy atom. The van der Waals surface area contributed by atoms with Crippen molar-refractivity contribution in [2.75, 3.05) is 18.5 Å². The number of nitrogens with zero attached hydrogens (tertiary/aromatic N) is 1. The topological polar surface area (TPSA) is 45.1 Å². The molecule has 3 nitrogen and oxygen atoms in total. The molecule has 1 aromatic heterocycles. The lowest BCUT2D eigenvalue weighted by Crippen LogP contribution is -2.14. The molecule has 0 aliphatic heterocycles. The van der Waals surface area contributed by atoms with Crippen LogP contribution in [0.2, 0.25) is 0 Å². The van der Waals surface area contributed by atoms with Crippen molar-refractivity contribution < 1.29 is 5.11 Å². The predicted octanol–water partition coefficient (Wildman–Crippen LogP) is 3.87. The van der Waals surface area contributed by atoms with Gasteiger partial charge in [0.2, 0.25) is 0 Å². The van der Waals surface area contributed by atoms with E-state index in [9.17, 15) is 5.11 Å². The van der Waals surface area contributed by atoms with Crippen LogP contribution in [0.15, 0.2) is 54.6 Å². The van der Waals surface area contributed by atoms with Crippen molar-refractivity contribution >= 4 is 26.7 Å². The van der Waals surface area contributed by atoms with Gasteiger partial charge >= 0.3 is 0 Å². The maximum Gasteiger partial charge on any atom is 0.183 e. The minimum Gasteiger partial charge on any atom is -0.396 e. The SMILES string of the molecule is OCCC(CNc1nc2ccccc2s1)c1ccccc1. The molecule has 2 N–H and O–H groups in total. The van der Waals surface area contributed by atoms with E-state index in [0.717, 1.165) is 23.6 Å². The van der Waals surface area contributed by atoms with Crippen molar-refractivity contribution in [2.24, 2.45) is 0 Å². The number of aliphatic hydroxyl groups excluding tert-OH is 1. The summed E-state index contributed by atoms with van der Waals surface area (Å²) in [6.45, 7) is 0.978. The lowest BCUT2D eigenvalue weighted by molar-refractivity contribution is 0.277. The summed E-state index contributed by atoms with van der Waals surface area (Å²) in [5.41, 5.74) is 2.28. The summed E-state index contributed by atoms with van der Waals surface area (Å²) in [6.07, 6.45) is 0.752. The molecule has 0 aliphatic rings. The number of aromatic nitrogens is 1. The second-order valence-electron chi connectivity index (χ2n) is 4.99. The second-order valence-corrected chi connectivity index (χ2v) is 6.02. The standard InChI is InChI=1S/C17H18N2OS/c20-11-10-14(13-6-2-1-3-7-13)12-18-17-19-15-8-4-5-9-16(15)21-17/h1-9,14,20H,10-12H2,(H,18,19). The lowest BCUT2D eigenvalue weighted by Gasteiger charge is -2.16. The first kappa shape index (κ1) is 14.0. The number of hydrogen-bond donors (Lipinski definition) is 2. The Morgan fingerprint density at radius 1 is 1.05 bits per heavy atom. The lowest BCUT2D eigenvalue weighted by atomic mass is 9.96. The third kappa shape index (κ3) is 3.40. The highest BCUT2D eigenvalue weighted by Gasteiger charge is 2.11. The van der Waals surface area contributed by atoms with E-state index in [1.807, 2.05) is 36.4 Å². The van der Waals surface area contributed by atoms with Crippen LogP contribution in [0.3, 0.4) is 0 Å². The molecule has 1 atom stereocenters. The van der Waals surface area contributed by atoms with Crippen LogP contribution in [-0.2, 0) is 0 Å². The zero-order chi connectivity index (χ0) is 14.5. The number of aliphatic hydroxyl groups is 1. The molecular weight excluding hydrogens is 280 g/mol. The van der Waals surface area contributed by atoms with Gasteiger partial charge in [-0.3, -0.25) is 0 Å². The molecule has 4 heteroatoms. The number of rotatable bonds is 6. The normalized spacial score (nSPS) is 12.4. The molecule has 0 saturated heterocycles. The monoisotopic (exact) mass is 298 g/mol. The van der Waals surface area contributed by atoms with Gasteiger partial charge in [-0.05, 0) is 24.1 Å². The first-order chi connectivity index (χ1) is 10.4. The molecule has 1 unspecified atom stereocenters. The van der Waals surface area contributed by atoms with E-state index in [1.54, 1.807) is 11.3 Å². The summed E-state index contributed by atoms with van der Waals surface area (Å²) in [4.78, 5) is 4.58. The Bertz CT molecular complexity index is 663. The summed E-state index contributed by atoms with van der Waals surface area (Å²) in [5.74, 6) is 0.295. The minimum atomic E-state index is 0.196. The van der Waals surface area contributed by atoms with Crippen LogP contribution in [0.5, 0.6) is 0 Å². The van der Waals surface area contributed by atoms with Gasteiger partial charge in [0, 0.05) is 19.1 Å². The Hall–Kier alpha value is -1.91. The minimum absolute atomic E-state index is 0.196. The van der Waals surface area contributed by atoms with E-state index in [0.29, 0.717) is 5.92 Å². The highest BCUT2D eigenvalue weighted by molar-refractivity contribution is 7.22. The molecule has 21 heavy (non-hydrogen) atoms. The predicted molar refractivity (Wildman–Crippen MR) is 89.0 cm³/mol. The molecule has 0 bridgehead atoms. The van der Waals surface area contributed by atoms with Crippen LogP contribution < -0.4 is 5.32 Å². The molecule has 3 aromatic rings. The van der Waals surface area contributed by atoms with Gasteiger partial charge in [0.15, 0.2) is 5.13 Å². The molecular formula is C17H18N2OS. The Labute approximate surface area is 128 Å². The summed E-state index contributed by atoms with van der Waals surface area (Å²) in [5, 5.41) is 13.6. The van der Waals surface area contributed by atoms with E-state index in [4.69, 9.17) is 0 Å². The average molecular weight is 298 g/mol. The van der Waals surface area contributed by atoms with Crippen molar-refractivity contribution in [3.63, 3.8) is 0 Å². The number of thiazole rings is 1. The fourth-order valence-electron chi connectivity index (χ4n) is 2.43. The molecule has 0 spiro atoms. The first-order valence-electron chi connectivity index (χ1n) is 7.12. The van der Waals surface area contributed by atoms with Crippen LogP contribution in [0.4, 0.5) is 5.13 Å². The number of hydrogen-bond acceptors (Lipinski definition) is 4. The van der Waals surface area contributed by atoms with E-state index in [1.165, 1.54) is 10.3 Å². The number of anilines is 1. The number of benzene rings is 2. The first-order valence-corrected chi connectivity index (χ1v) is 7.93. The van der Waals surface area contributed by atoms with Gasteiger partial charge in [0.1, 0.15) is 0 Å². The fraction of sp³-hybridized carbons (Fsp3) is 0.235. The van der Waals surface area contributed by atoms with Gasteiger partial charge in [-0.2, -0.15) is 0 Å². The van der Waals surface area contributed by atoms with Crippen molar-refractivity contribution in [1.29, 1.82) is 0 Å². The van der Waals surface area contributed by atoms with Crippen LogP contribution in [0.25, 0.3) is 10.2 Å². The van der Waals surface area contributed by atoms with Crippen molar-refractivity contribution in [2.45, 2.75) is 12.3 Å². The molecule has 0 aliphatic carbocycles. The maximum atomic E-state index is 9.27. The van der Waals surface area contributed by atoms with Gasteiger partial charge in [0.05, 0.1) is 10.2 Å². The third-order valence-corrected chi connectivity index (χ3v) is 4.54. The molecule has 0 radical (unpaired) electrons. The van der Waals surface area contributed by atoms with Gasteiger partial charge in [-0.15, -0.1) is 0 Å². The molecule has 2 aromatic carbocycles. The second kappa shape index (κ2) is 6.70. The van der Waals surface area contributed by atoms with Crippen molar-refractivity contribution in [1.82, 2.24) is 4.98 Å². The number of fused-ring (bicyclic) bond motifs is 1. The van der Waals surface area contributed by atoms with Gasteiger partial charge in [-0.25, -0.2) is 4.98 Å². The summed E-state index contributed by atoms with van der Waals surface area (Å²) in [6, 6.07) is 18.5. The largest absolute Gasteiger partial charge is 0.396 e. The van der Waals surface area contributed by atoms with E-state index in [-0.39, 0.29) is 6.61 Å². The highest BCUT2D eigenvalue weighted by Crippen LogP contribution is 2.27. The van der Waals surface area contributed by atoms with Gasteiger partial charge in [-0.1, -0.05) is 53.8 Å². The Balaban J connectivity index is 1.71. The molecule has 3 rings (SSSR count). The molecule has 108 valence electrons. The van der Waals surface area contributed by atoms with E-state index < -0.39 is 0 Å². The summed E-state index contributed by atoms with van der Waals surface area (Å²) < 4.78 is 1.19. The van der Waals surface area contributed by atoms with Gasteiger partial charge < -0.3 is 10.4 Å². The maximum absolute atomic E-state index is 9.27. The molecule has 0 amide bonds. The summed E-state index contributed by atoms with van der Waals surface area (Å²) in [7, 11) is 0. The van der Waals surface area contributed by atoms with Crippen LogP contribution >= 0.6 is 11.3 Å². The van der Waals surface area contributed by atoms with E-state index in [2.05, 4.69) is 28.5 Å². The number of nitrogens with one attached hydrogen (secondary N) is 1. The van der Waals surface area contributed by atoms with E-state index >= 15 is 0 Å². The van der Waals surface area contributed by atoms with Crippen LogP contribution in [0.1, 0.15) is 17.9 Å². The zero-order valence-corrected chi connectivity index (χ0v) is 12.5. The van der Waals surface area contributed by atoms with Crippen LogP contribution in [-0.4, -0.2) is 23.2 Å². The van der Waals surface area contributed by atoms with Gasteiger partial charge in [0.25, 0.3) is 0 Å². The highest BCUT2D eigenvalue weighted by atomic mass is 32.1. The Kier molecular flexibility index (Phi) is 4.48. The molecule has 0 fully saturated rings. The van der Waals surface area contributed by atoms with Crippen molar-refractivity contribution in [3.05, 3.63) is 60.2 Å². The third-order valence-electron chi connectivity index (χ3n) is 3.54. The smallest absolute Gasteiger partial charge is 0.183 e. The molecule has 1 heterocycles. The number of para-hydroxylation sites is 1. The molecule has 0 saturated carbocycles. The fourth-order valence-corrected chi connectivity index (χ4v) is 3.30. The quantitative estimate of drug-likeness (QED) is 0.726. The zero-order valence-electron chi connectivity index (χ0n) is 11.7. The van der Waals surface area contributed by atoms with Crippen molar-refractivity contribution in [3.8, 4) is 0 Å². The average Bonchev–Trinajstić information content (AvgIpc) is 2.95. The Morgan fingerprint density at radius 3 is 2.57 bits per heavy atom. The summed E-state index contributed by atoms with van der Waals surface area (Å²) >= 11 is 1.67. The van der Waals surface area contributed by atoms with Crippen LogP contribution in [0, 0.1) is 0 Å².